The minimum absolute atomic E-state index is 0.135. The van der Waals surface area contributed by atoms with Gasteiger partial charge in [0.1, 0.15) is 5.41 Å². The highest BCUT2D eigenvalue weighted by atomic mass is 16.5. The van der Waals surface area contributed by atoms with E-state index in [1.807, 2.05) is 6.92 Å². The van der Waals surface area contributed by atoms with E-state index in [1.165, 1.54) is 0 Å². The van der Waals surface area contributed by atoms with E-state index < -0.39 is 5.41 Å². The summed E-state index contributed by atoms with van der Waals surface area (Å²) >= 11 is 0. The number of carbonyl (C=O) groups excluding carboxylic acids is 2. The van der Waals surface area contributed by atoms with Gasteiger partial charge in [0.2, 0.25) is 11.8 Å². The van der Waals surface area contributed by atoms with Gasteiger partial charge in [0.25, 0.3) is 0 Å². The van der Waals surface area contributed by atoms with E-state index in [2.05, 4.69) is 10.6 Å². The van der Waals surface area contributed by atoms with Gasteiger partial charge in [0.05, 0.1) is 6.61 Å². The number of hydrogen-bond acceptors (Lipinski definition) is 3. The van der Waals surface area contributed by atoms with Gasteiger partial charge in [0.15, 0.2) is 0 Å². The van der Waals surface area contributed by atoms with Gasteiger partial charge in [-0.1, -0.05) is 6.92 Å². The third-order valence-corrected chi connectivity index (χ3v) is 2.75. The highest BCUT2D eigenvalue weighted by Gasteiger charge is 2.56. The molecule has 1 rings (SSSR count). The Labute approximate surface area is 95.9 Å². The van der Waals surface area contributed by atoms with Crippen molar-refractivity contribution in [3.63, 3.8) is 0 Å². The van der Waals surface area contributed by atoms with Crippen LogP contribution in [0.15, 0.2) is 0 Å². The molecular formula is C11H20N2O3. The lowest BCUT2D eigenvalue weighted by Gasteiger charge is -2.14. The second-order valence-electron chi connectivity index (χ2n) is 4.09. The smallest absolute Gasteiger partial charge is 0.235 e. The zero-order valence-corrected chi connectivity index (χ0v) is 9.97. The van der Waals surface area contributed by atoms with Crippen LogP contribution in [0.3, 0.4) is 0 Å². The van der Waals surface area contributed by atoms with Crippen LogP contribution < -0.4 is 10.6 Å². The maximum atomic E-state index is 11.8. The molecule has 0 radical (unpaired) electrons. The highest BCUT2D eigenvalue weighted by molar-refractivity contribution is 6.07. The zero-order chi connectivity index (χ0) is 12.0. The molecular weight excluding hydrogens is 208 g/mol. The summed E-state index contributed by atoms with van der Waals surface area (Å²) in [6.07, 6.45) is 2.19. The first kappa shape index (κ1) is 13.0. The van der Waals surface area contributed by atoms with Gasteiger partial charge in [0, 0.05) is 20.2 Å². The second-order valence-corrected chi connectivity index (χ2v) is 4.09. The van der Waals surface area contributed by atoms with Crippen molar-refractivity contribution >= 4 is 11.8 Å². The molecule has 16 heavy (non-hydrogen) atoms. The molecule has 92 valence electrons. The van der Waals surface area contributed by atoms with E-state index in [1.54, 1.807) is 7.11 Å². The number of rotatable bonds is 7. The molecule has 0 bridgehead atoms. The van der Waals surface area contributed by atoms with Gasteiger partial charge in [-0.2, -0.15) is 0 Å². The Balaban J connectivity index is 2.38. The minimum Gasteiger partial charge on any atom is -0.383 e. The average molecular weight is 228 g/mol. The summed E-state index contributed by atoms with van der Waals surface area (Å²) in [5, 5.41) is 5.49. The van der Waals surface area contributed by atoms with Crippen LogP contribution in [-0.4, -0.2) is 38.6 Å². The van der Waals surface area contributed by atoms with Crippen LogP contribution in [0.1, 0.15) is 26.2 Å². The van der Waals surface area contributed by atoms with Gasteiger partial charge in [-0.3, -0.25) is 9.59 Å². The standard InChI is InChI=1S/C11H20N2O3/c1-3-6-12-9(14)11(4-5-11)10(15)13-7-8-16-2/h3-8H2,1-2H3,(H,12,14)(H,13,15). The van der Waals surface area contributed by atoms with Crippen LogP contribution in [0.5, 0.6) is 0 Å². The molecule has 2 amide bonds. The Kier molecular flexibility index (Phi) is 4.73. The Bertz CT molecular complexity index is 262. The van der Waals surface area contributed by atoms with Crippen molar-refractivity contribution in [2.75, 3.05) is 26.8 Å². The molecule has 1 aliphatic rings. The first-order valence-electron chi connectivity index (χ1n) is 5.73. The third-order valence-electron chi connectivity index (χ3n) is 2.75. The lowest BCUT2D eigenvalue weighted by molar-refractivity contribution is -0.137. The van der Waals surface area contributed by atoms with Crippen molar-refractivity contribution in [1.29, 1.82) is 0 Å². The SMILES string of the molecule is CCCNC(=O)C1(C(=O)NCCOC)CC1. The molecule has 0 unspecified atom stereocenters. The Morgan fingerprint density at radius 2 is 1.75 bits per heavy atom. The fraction of sp³-hybridized carbons (Fsp3) is 0.818. The van der Waals surface area contributed by atoms with Crippen LogP contribution >= 0.6 is 0 Å². The molecule has 0 aromatic carbocycles. The summed E-state index contributed by atoms with van der Waals surface area (Å²) in [5.74, 6) is -0.303. The number of amides is 2. The largest absolute Gasteiger partial charge is 0.383 e. The Morgan fingerprint density at radius 3 is 2.19 bits per heavy atom. The Hall–Kier alpha value is -1.10. The third kappa shape index (κ3) is 2.95. The van der Waals surface area contributed by atoms with E-state index in [4.69, 9.17) is 4.74 Å². The number of ether oxygens (including phenoxy) is 1. The van der Waals surface area contributed by atoms with Crippen molar-refractivity contribution in [3.8, 4) is 0 Å². The maximum absolute atomic E-state index is 11.8. The van der Waals surface area contributed by atoms with Crippen LogP contribution in [-0.2, 0) is 14.3 Å². The topological polar surface area (TPSA) is 67.4 Å². The summed E-state index contributed by atoms with van der Waals surface area (Å²) in [6, 6.07) is 0. The lowest BCUT2D eigenvalue weighted by atomic mass is 10.1. The summed E-state index contributed by atoms with van der Waals surface area (Å²) in [6.45, 7) is 3.54. The first-order chi connectivity index (χ1) is 7.67. The highest BCUT2D eigenvalue weighted by Crippen LogP contribution is 2.46. The first-order valence-corrected chi connectivity index (χ1v) is 5.73. The molecule has 0 aliphatic heterocycles. The molecule has 1 aliphatic carbocycles. The van der Waals surface area contributed by atoms with Gasteiger partial charge >= 0.3 is 0 Å². The molecule has 0 saturated heterocycles. The monoisotopic (exact) mass is 228 g/mol. The van der Waals surface area contributed by atoms with E-state index in [0.29, 0.717) is 32.5 Å². The predicted molar refractivity (Wildman–Crippen MR) is 59.9 cm³/mol. The normalized spacial score (nSPS) is 16.6. The summed E-state index contributed by atoms with van der Waals surface area (Å²) < 4.78 is 4.84. The number of hydrogen-bond donors (Lipinski definition) is 2. The lowest BCUT2D eigenvalue weighted by Crippen LogP contribution is -2.44. The molecule has 0 aromatic rings. The van der Waals surface area contributed by atoms with Crippen molar-refractivity contribution in [1.82, 2.24) is 10.6 Å². The van der Waals surface area contributed by atoms with Crippen LogP contribution in [0, 0.1) is 5.41 Å². The van der Waals surface area contributed by atoms with E-state index in [-0.39, 0.29) is 11.8 Å². The van der Waals surface area contributed by atoms with Gasteiger partial charge in [-0.15, -0.1) is 0 Å². The van der Waals surface area contributed by atoms with Crippen molar-refractivity contribution in [2.45, 2.75) is 26.2 Å². The zero-order valence-electron chi connectivity index (χ0n) is 9.97. The Morgan fingerprint density at radius 1 is 1.19 bits per heavy atom. The van der Waals surface area contributed by atoms with Crippen molar-refractivity contribution in [2.24, 2.45) is 5.41 Å². The van der Waals surface area contributed by atoms with Crippen LogP contribution in [0.25, 0.3) is 0 Å². The quantitative estimate of drug-likeness (QED) is 0.478. The van der Waals surface area contributed by atoms with E-state index >= 15 is 0 Å². The second kappa shape index (κ2) is 5.84. The maximum Gasteiger partial charge on any atom is 0.235 e. The summed E-state index contributed by atoms with van der Waals surface area (Å²) in [5.41, 5.74) is -0.789. The van der Waals surface area contributed by atoms with Gasteiger partial charge in [-0.05, 0) is 19.3 Å². The number of nitrogens with one attached hydrogen (secondary N) is 2. The number of carbonyl (C=O) groups is 2. The molecule has 5 nitrogen and oxygen atoms in total. The molecule has 0 heterocycles. The van der Waals surface area contributed by atoms with E-state index in [9.17, 15) is 9.59 Å². The number of methoxy groups -OCH3 is 1. The molecule has 5 heteroatoms. The van der Waals surface area contributed by atoms with Crippen molar-refractivity contribution in [3.05, 3.63) is 0 Å². The average Bonchev–Trinajstić information content (AvgIpc) is 3.07. The fourth-order valence-electron chi connectivity index (χ4n) is 1.53. The molecule has 1 fully saturated rings. The molecule has 2 N–H and O–H groups in total. The molecule has 0 atom stereocenters. The molecule has 0 aromatic heterocycles. The van der Waals surface area contributed by atoms with Crippen LogP contribution in [0.4, 0.5) is 0 Å². The predicted octanol–water partition coefficient (Wildman–Crippen LogP) is 0.0554. The summed E-state index contributed by atoms with van der Waals surface area (Å²) in [7, 11) is 1.58. The fourth-order valence-corrected chi connectivity index (χ4v) is 1.53. The molecule has 0 spiro atoms. The summed E-state index contributed by atoms with van der Waals surface area (Å²) in [4.78, 5) is 23.5. The minimum atomic E-state index is -0.789. The van der Waals surface area contributed by atoms with Crippen molar-refractivity contribution < 1.29 is 14.3 Å². The molecule has 1 saturated carbocycles. The van der Waals surface area contributed by atoms with Gasteiger partial charge < -0.3 is 15.4 Å². The van der Waals surface area contributed by atoms with Crippen LogP contribution in [0.2, 0.25) is 0 Å². The van der Waals surface area contributed by atoms with Gasteiger partial charge in [-0.25, -0.2) is 0 Å². The van der Waals surface area contributed by atoms with E-state index in [0.717, 1.165) is 6.42 Å².